The Balaban J connectivity index is 1.40. The Morgan fingerprint density at radius 1 is 0.418 bits per heavy atom. The third-order valence-electron chi connectivity index (χ3n) is 9.14. The summed E-state index contributed by atoms with van der Waals surface area (Å²) in [6.45, 7) is 0. The maximum Gasteiger partial charge on any atom is 0.143 e. The highest BCUT2D eigenvalue weighted by molar-refractivity contribution is 6.17. The van der Waals surface area contributed by atoms with Gasteiger partial charge in [0.15, 0.2) is 0 Å². The molecule has 0 fully saturated rings. The molecule has 0 saturated heterocycles. The van der Waals surface area contributed by atoms with E-state index in [1.54, 1.807) is 6.07 Å². The molecule has 0 aliphatic heterocycles. The van der Waals surface area contributed by atoms with Crippen LogP contribution in [0.4, 0.5) is 0 Å². The van der Waals surface area contributed by atoms with Gasteiger partial charge in [0.1, 0.15) is 11.5 Å². The third kappa shape index (κ3) is 5.05. The van der Waals surface area contributed by atoms with E-state index in [4.69, 9.17) is 32.7 Å². The molecule has 55 heavy (non-hydrogen) atoms. The zero-order valence-corrected chi connectivity index (χ0v) is 27.8. The topological polar surface area (TPSA) is 38.9 Å². The summed E-state index contributed by atoms with van der Waals surface area (Å²) in [5, 5.41) is -2.70. The van der Waals surface area contributed by atoms with Crippen molar-refractivity contribution < 1.29 is 40.1 Å². The smallest absolute Gasteiger partial charge is 0.143 e. The minimum absolute atomic E-state index is 0.0650. The van der Waals surface area contributed by atoms with Crippen LogP contribution in [0.15, 0.2) is 198 Å². The summed E-state index contributed by atoms with van der Waals surface area (Å²) >= 11 is 0. The number of rotatable bonds is 5. The second-order valence-electron chi connectivity index (χ2n) is 12.1. The van der Waals surface area contributed by atoms with Gasteiger partial charge in [-0.3, -0.25) is 4.98 Å². The molecule has 3 aromatic heterocycles. The normalized spacial score (nSPS) is 18.3. The number of aromatic nitrogens is 2. The van der Waals surface area contributed by atoms with Gasteiger partial charge < -0.3 is 4.42 Å². The molecule has 0 aliphatic rings. The lowest BCUT2D eigenvalue weighted by Gasteiger charge is -2.15. The monoisotopic (exact) mass is 726 g/mol. The summed E-state index contributed by atoms with van der Waals surface area (Å²) < 4.78 is 240. The molecule has 0 radical (unpaired) electrons. The van der Waals surface area contributed by atoms with Gasteiger partial charge in [-0.05, 0) is 61.6 Å². The molecule has 0 atom stereocenters. The van der Waals surface area contributed by atoms with Crippen LogP contribution in [0.5, 0.6) is 0 Å². The molecule has 3 heteroatoms. The summed E-state index contributed by atoms with van der Waals surface area (Å²) in [6, 6.07) is -11.7. The van der Waals surface area contributed by atoms with Crippen LogP contribution in [0.25, 0.3) is 110 Å². The van der Waals surface area contributed by atoms with Gasteiger partial charge in [0.05, 0.1) is 52.4 Å². The maximum absolute atomic E-state index is 9.95. The molecule has 256 valence electrons. The van der Waals surface area contributed by atoms with Crippen molar-refractivity contribution in [2.75, 3.05) is 0 Å². The van der Waals surface area contributed by atoms with Gasteiger partial charge in [0, 0.05) is 44.8 Å². The number of benzene rings is 8. The molecule has 0 aliphatic carbocycles. The second kappa shape index (κ2) is 12.6. The maximum atomic E-state index is 9.95. The Kier molecular flexibility index (Phi) is 3.41. The number of hydrogen-bond donors (Lipinski definition) is 0. The number of nitrogens with zero attached hydrogens (tertiary/aromatic N) is 2. The van der Waals surface area contributed by atoms with E-state index in [-0.39, 0.29) is 49.4 Å². The molecule has 0 N–H and O–H groups in total. The molecule has 11 aromatic rings. The molecule has 8 aromatic carbocycles. The first kappa shape index (κ1) is 14.8. The third-order valence-corrected chi connectivity index (χ3v) is 9.14. The van der Waals surface area contributed by atoms with Crippen molar-refractivity contribution in [3.8, 4) is 56.2 Å². The van der Waals surface area contributed by atoms with Crippen LogP contribution in [-0.4, -0.2) is 9.97 Å². The zero-order chi connectivity index (χ0) is 58.9. The van der Waals surface area contributed by atoms with Crippen molar-refractivity contribution in [1.29, 1.82) is 0 Å². The van der Waals surface area contributed by atoms with Crippen LogP contribution in [0.1, 0.15) is 35.6 Å². The van der Waals surface area contributed by atoms with Crippen molar-refractivity contribution in [2.24, 2.45) is 0 Å². The molecule has 0 amide bonds. The number of hydrogen-bond acceptors (Lipinski definition) is 3. The van der Waals surface area contributed by atoms with Crippen LogP contribution in [0, 0.1) is 0 Å². The molecule has 3 nitrogen and oxygen atoms in total. The van der Waals surface area contributed by atoms with E-state index in [0.717, 1.165) is 0 Å². The lowest BCUT2D eigenvalue weighted by Crippen LogP contribution is -1.92. The van der Waals surface area contributed by atoms with E-state index in [2.05, 4.69) is 4.98 Å². The van der Waals surface area contributed by atoms with Gasteiger partial charge in [0.2, 0.25) is 0 Å². The molecule has 11 rings (SSSR count). The predicted octanol–water partition coefficient (Wildman–Crippen LogP) is 14.2. The Labute approximate surface area is 354 Å². The first-order valence-corrected chi connectivity index (χ1v) is 16.5. The van der Waals surface area contributed by atoms with Crippen molar-refractivity contribution in [1.82, 2.24) is 9.97 Å². The van der Waals surface area contributed by atoms with Crippen molar-refractivity contribution >= 4 is 54.1 Å². The minimum Gasteiger partial charge on any atom is -0.455 e. The van der Waals surface area contributed by atoms with E-state index in [1.807, 2.05) is 0 Å². The van der Waals surface area contributed by atoms with Gasteiger partial charge in [0.25, 0.3) is 0 Å². The molecular weight excluding hydrogens is 669 g/mol. The van der Waals surface area contributed by atoms with Gasteiger partial charge in [-0.15, -0.1) is 0 Å². The fraction of sp³-hybridized carbons (Fsp3) is 0. The largest absolute Gasteiger partial charge is 0.455 e. The van der Waals surface area contributed by atoms with Crippen molar-refractivity contribution in [2.45, 2.75) is 0 Å². The van der Waals surface area contributed by atoms with E-state index in [1.165, 1.54) is 30.3 Å². The lowest BCUT2D eigenvalue weighted by molar-refractivity contribution is 0.599. The Hall–Kier alpha value is -7.36. The lowest BCUT2D eigenvalue weighted by atomic mass is 9.86. The number of pyridine rings is 2. The predicted molar refractivity (Wildman–Crippen MR) is 229 cm³/mol. The molecule has 0 spiro atoms. The van der Waals surface area contributed by atoms with Gasteiger partial charge in [-0.1, -0.05) is 169 Å². The Morgan fingerprint density at radius 2 is 1.04 bits per heavy atom. The SMILES string of the molecule is [2H]c1nc2c(c([2H])c1[2H])c([2H])c([2H])c1c([2H])c([2H])c(-c3ccc(-c4c(-c5c([2H])c([2H])c([2H])c([2H])c5[2H])oc(-c5c([2H])c6c([2H])c([2H])c([2H])c([2H])c6c6c([2H])c([2H])c([2H])c([2H])c56)c4-c4c([2H])c([2H])c([2H])c([2H])c4[2H])c4ccccc34)nc12. The van der Waals surface area contributed by atoms with Crippen molar-refractivity contribution in [3.63, 3.8) is 0 Å². The van der Waals surface area contributed by atoms with Crippen molar-refractivity contribution in [3.05, 3.63) is 194 Å². The second-order valence-corrected chi connectivity index (χ2v) is 12.1. The zero-order valence-electron chi connectivity index (χ0n) is 53.8. The Bertz CT molecular complexity index is 4730. The van der Waals surface area contributed by atoms with Crippen LogP contribution < -0.4 is 0 Å². The van der Waals surface area contributed by atoms with Crippen LogP contribution >= 0.6 is 0 Å². The molecule has 0 saturated carbocycles. The summed E-state index contributed by atoms with van der Waals surface area (Å²) in [5.74, 6) is -1.48. The fourth-order valence-corrected chi connectivity index (χ4v) is 6.82. The average Bonchev–Trinajstić information content (AvgIpc) is 3.97. The summed E-state index contributed by atoms with van der Waals surface area (Å²) in [7, 11) is 0. The highest BCUT2D eigenvalue weighted by Crippen LogP contribution is 2.52. The van der Waals surface area contributed by atoms with E-state index < -0.39 is 218 Å². The summed E-state index contributed by atoms with van der Waals surface area (Å²) in [5.41, 5.74) is -3.95. The average molecular weight is 727 g/mol. The van der Waals surface area contributed by atoms with Gasteiger partial charge in [-0.2, -0.15) is 0 Å². The van der Waals surface area contributed by atoms with E-state index >= 15 is 0 Å². The highest BCUT2D eigenvalue weighted by atomic mass is 16.3. The van der Waals surface area contributed by atoms with Crippen LogP contribution in [0.2, 0.25) is 0 Å². The minimum atomic E-state index is -0.935. The number of furan rings is 1. The molecule has 0 bridgehead atoms. The summed E-state index contributed by atoms with van der Waals surface area (Å²) in [6.07, 6.45) is -0.672. The van der Waals surface area contributed by atoms with Gasteiger partial charge >= 0.3 is 0 Å². The molecule has 0 unspecified atom stereocenters. The fourth-order valence-electron chi connectivity index (χ4n) is 6.82. The van der Waals surface area contributed by atoms with E-state index in [0.29, 0.717) is 0 Å². The van der Waals surface area contributed by atoms with Crippen LogP contribution in [0.3, 0.4) is 0 Å². The summed E-state index contributed by atoms with van der Waals surface area (Å²) in [4.78, 5) is 8.86. The quantitative estimate of drug-likeness (QED) is 0.166. The first-order chi connectivity index (χ1) is 38.1. The molecular formula is C52H32N2O. The highest BCUT2D eigenvalue weighted by Gasteiger charge is 2.28. The molecule has 3 heterocycles. The van der Waals surface area contributed by atoms with E-state index in [9.17, 15) is 12.3 Å². The Morgan fingerprint density at radius 3 is 1.84 bits per heavy atom. The van der Waals surface area contributed by atoms with Gasteiger partial charge in [-0.25, -0.2) is 4.98 Å². The van der Waals surface area contributed by atoms with Crippen LogP contribution in [-0.2, 0) is 0 Å². The standard InChI is InChI=1S/C52H32N2O/c1-3-14-33(15-4-1)47-48(51(36-16-5-2-6-17-36)55-52(47)45-32-37-18-7-8-20-38(37)39-21-9-12-24-42(39)45)44-29-28-43(40-22-10-11-23-41(40)44)46-30-27-35-26-25-34-19-13-31-53-49(34)50(35)54-46/h1-32H/i1D,2D,3D,4D,5D,6D,7D,8D,9D,12D,13D,14D,15D,16D,17D,18D,19D,20D,21D,24D,25D,26D,27D,30D,31D,32D. The number of fused-ring (bicyclic) bond motifs is 7. The first-order valence-electron chi connectivity index (χ1n) is 29.5.